The van der Waals surface area contributed by atoms with Gasteiger partial charge in [-0.15, -0.1) is 0 Å². The number of carbonyl (C=O) groups is 2. The van der Waals surface area contributed by atoms with Crippen LogP contribution in [0.15, 0.2) is 30.5 Å². The van der Waals surface area contributed by atoms with Gasteiger partial charge in [-0.05, 0) is 36.6 Å². The third-order valence-corrected chi connectivity index (χ3v) is 4.31. The monoisotopic (exact) mass is 286 g/mol. The average Bonchev–Trinajstić information content (AvgIpc) is 2.93. The first kappa shape index (κ1) is 13.7. The number of rotatable bonds is 2. The first-order valence-electron chi connectivity index (χ1n) is 7.15. The quantitative estimate of drug-likeness (QED) is 0.890. The summed E-state index contributed by atoms with van der Waals surface area (Å²) in [6, 6.07) is 7.53. The van der Waals surface area contributed by atoms with Gasteiger partial charge in [-0.2, -0.15) is 0 Å². The molecule has 2 heterocycles. The number of aromatic amines is 1. The number of carboxylic acids is 1. The second-order valence-corrected chi connectivity index (χ2v) is 5.74. The van der Waals surface area contributed by atoms with Gasteiger partial charge in [0.1, 0.15) is 0 Å². The fourth-order valence-electron chi connectivity index (χ4n) is 3.07. The first-order valence-corrected chi connectivity index (χ1v) is 7.15. The number of aliphatic carboxylic acids is 1. The van der Waals surface area contributed by atoms with Crippen molar-refractivity contribution in [3.05, 3.63) is 36.0 Å². The Bertz CT molecular complexity index is 692. The molecule has 3 rings (SSSR count). The number of carboxylic acid groups (broad SMARTS) is 1. The van der Waals surface area contributed by atoms with Crippen molar-refractivity contribution in [1.29, 1.82) is 0 Å². The summed E-state index contributed by atoms with van der Waals surface area (Å²) in [5.74, 6) is -1.14. The number of likely N-dealkylation sites (tertiary alicyclic amines) is 1. The molecule has 1 aromatic carbocycles. The smallest absolute Gasteiger partial charge is 0.306 e. The Morgan fingerprint density at radius 1 is 1.33 bits per heavy atom. The number of hydrogen-bond acceptors (Lipinski definition) is 2. The third-order valence-electron chi connectivity index (χ3n) is 4.31. The van der Waals surface area contributed by atoms with E-state index in [2.05, 4.69) is 4.98 Å². The van der Waals surface area contributed by atoms with Crippen LogP contribution in [0.4, 0.5) is 0 Å². The molecular weight excluding hydrogens is 268 g/mol. The number of H-pyrrole nitrogens is 1. The van der Waals surface area contributed by atoms with Gasteiger partial charge < -0.3 is 15.0 Å². The molecule has 1 amide bonds. The van der Waals surface area contributed by atoms with Crippen LogP contribution in [0.5, 0.6) is 0 Å². The fourth-order valence-corrected chi connectivity index (χ4v) is 3.07. The van der Waals surface area contributed by atoms with E-state index in [1.807, 2.05) is 37.4 Å². The molecule has 21 heavy (non-hydrogen) atoms. The van der Waals surface area contributed by atoms with Gasteiger partial charge in [0.2, 0.25) is 0 Å². The molecule has 1 aliphatic heterocycles. The number of carbonyl (C=O) groups excluding carboxylic acids is 1. The number of amides is 1. The predicted octanol–water partition coefficient (Wildman–Crippen LogP) is 2.35. The first-order chi connectivity index (χ1) is 10.1. The van der Waals surface area contributed by atoms with E-state index in [0.717, 1.165) is 10.9 Å². The van der Waals surface area contributed by atoms with Crippen LogP contribution in [0, 0.1) is 11.8 Å². The SMILES string of the molecule is CC1CN(C(=O)c2ccc3[nH]ccc3c2)CCC1C(=O)O. The lowest BCUT2D eigenvalue weighted by Gasteiger charge is -2.35. The van der Waals surface area contributed by atoms with Crippen molar-refractivity contribution in [3.63, 3.8) is 0 Å². The summed E-state index contributed by atoms with van der Waals surface area (Å²) in [6.45, 7) is 2.90. The highest BCUT2D eigenvalue weighted by atomic mass is 16.4. The van der Waals surface area contributed by atoms with Crippen LogP contribution >= 0.6 is 0 Å². The van der Waals surface area contributed by atoms with Gasteiger partial charge in [-0.25, -0.2) is 0 Å². The topological polar surface area (TPSA) is 73.4 Å². The second-order valence-electron chi connectivity index (χ2n) is 5.74. The number of aromatic nitrogens is 1. The molecule has 2 atom stereocenters. The van der Waals surface area contributed by atoms with E-state index in [1.165, 1.54) is 0 Å². The summed E-state index contributed by atoms with van der Waals surface area (Å²) in [6.07, 6.45) is 2.37. The van der Waals surface area contributed by atoms with Crippen molar-refractivity contribution in [2.24, 2.45) is 11.8 Å². The fraction of sp³-hybridized carbons (Fsp3) is 0.375. The van der Waals surface area contributed by atoms with E-state index in [0.29, 0.717) is 25.1 Å². The van der Waals surface area contributed by atoms with E-state index in [4.69, 9.17) is 5.11 Å². The molecule has 2 N–H and O–H groups in total. The van der Waals surface area contributed by atoms with Gasteiger partial charge in [0.15, 0.2) is 0 Å². The highest BCUT2D eigenvalue weighted by molar-refractivity contribution is 5.98. The van der Waals surface area contributed by atoms with Gasteiger partial charge in [0.05, 0.1) is 5.92 Å². The number of fused-ring (bicyclic) bond motifs is 1. The van der Waals surface area contributed by atoms with Crippen molar-refractivity contribution in [3.8, 4) is 0 Å². The van der Waals surface area contributed by atoms with Crippen molar-refractivity contribution in [2.45, 2.75) is 13.3 Å². The summed E-state index contributed by atoms with van der Waals surface area (Å²) >= 11 is 0. The predicted molar refractivity (Wildman–Crippen MR) is 79.1 cm³/mol. The van der Waals surface area contributed by atoms with Gasteiger partial charge in [0, 0.05) is 35.8 Å². The lowest BCUT2D eigenvalue weighted by atomic mass is 9.87. The van der Waals surface area contributed by atoms with Crippen molar-refractivity contribution in [1.82, 2.24) is 9.88 Å². The third kappa shape index (κ3) is 2.51. The van der Waals surface area contributed by atoms with Crippen LogP contribution in [0.2, 0.25) is 0 Å². The van der Waals surface area contributed by atoms with Crippen LogP contribution in [0.1, 0.15) is 23.7 Å². The van der Waals surface area contributed by atoms with E-state index >= 15 is 0 Å². The molecule has 0 spiro atoms. The molecule has 5 heteroatoms. The standard InChI is InChI=1S/C16H18N2O3/c1-10-9-18(7-5-13(10)16(20)21)15(19)12-2-3-14-11(8-12)4-6-17-14/h2-4,6,8,10,13,17H,5,7,9H2,1H3,(H,20,21). The van der Waals surface area contributed by atoms with Gasteiger partial charge >= 0.3 is 5.97 Å². The number of piperidine rings is 1. The van der Waals surface area contributed by atoms with Crippen LogP contribution in [-0.4, -0.2) is 40.0 Å². The van der Waals surface area contributed by atoms with E-state index in [-0.39, 0.29) is 17.7 Å². The molecule has 0 radical (unpaired) electrons. The maximum Gasteiger partial charge on any atom is 0.306 e. The Hall–Kier alpha value is -2.30. The average molecular weight is 286 g/mol. The van der Waals surface area contributed by atoms with E-state index in [9.17, 15) is 9.59 Å². The molecule has 1 aromatic heterocycles. The van der Waals surface area contributed by atoms with Crippen LogP contribution in [0.3, 0.4) is 0 Å². The minimum absolute atomic E-state index is 0.0174. The molecule has 1 saturated heterocycles. The molecule has 0 bridgehead atoms. The molecule has 5 nitrogen and oxygen atoms in total. The second kappa shape index (κ2) is 5.24. The molecule has 1 fully saturated rings. The minimum Gasteiger partial charge on any atom is -0.481 e. The lowest BCUT2D eigenvalue weighted by Crippen LogP contribution is -2.45. The zero-order chi connectivity index (χ0) is 15.0. The van der Waals surface area contributed by atoms with Gasteiger partial charge in [-0.3, -0.25) is 9.59 Å². The molecule has 1 aliphatic rings. The lowest BCUT2D eigenvalue weighted by molar-refractivity contribution is -0.145. The van der Waals surface area contributed by atoms with E-state index in [1.54, 1.807) is 4.90 Å². The molecule has 2 aromatic rings. The summed E-state index contributed by atoms with van der Waals surface area (Å²) < 4.78 is 0. The Labute approximate surface area is 122 Å². The largest absolute Gasteiger partial charge is 0.481 e. The van der Waals surface area contributed by atoms with E-state index < -0.39 is 5.97 Å². The number of hydrogen-bond donors (Lipinski definition) is 2. The van der Waals surface area contributed by atoms with Crippen LogP contribution in [0.25, 0.3) is 10.9 Å². The maximum atomic E-state index is 12.6. The van der Waals surface area contributed by atoms with Crippen LogP contribution in [-0.2, 0) is 4.79 Å². The Morgan fingerprint density at radius 3 is 2.86 bits per heavy atom. The normalized spacial score (nSPS) is 22.4. The highest BCUT2D eigenvalue weighted by Crippen LogP contribution is 2.25. The number of nitrogens with zero attached hydrogens (tertiary/aromatic N) is 1. The molecule has 0 aliphatic carbocycles. The molecule has 110 valence electrons. The molecular formula is C16H18N2O3. The Morgan fingerprint density at radius 2 is 2.14 bits per heavy atom. The highest BCUT2D eigenvalue weighted by Gasteiger charge is 2.33. The summed E-state index contributed by atoms with van der Waals surface area (Å²) in [5, 5.41) is 10.1. The maximum absolute atomic E-state index is 12.6. The van der Waals surface area contributed by atoms with Crippen LogP contribution < -0.4 is 0 Å². The number of nitrogens with one attached hydrogen (secondary N) is 1. The Balaban J connectivity index is 1.78. The summed E-state index contributed by atoms with van der Waals surface area (Å²) in [5.41, 5.74) is 1.66. The van der Waals surface area contributed by atoms with Gasteiger partial charge in [-0.1, -0.05) is 6.92 Å². The summed E-state index contributed by atoms with van der Waals surface area (Å²) in [4.78, 5) is 28.5. The molecule has 2 unspecified atom stereocenters. The van der Waals surface area contributed by atoms with Crippen molar-refractivity contribution < 1.29 is 14.7 Å². The zero-order valence-corrected chi connectivity index (χ0v) is 11.9. The van der Waals surface area contributed by atoms with Crippen molar-refractivity contribution >= 4 is 22.8 Å². The summed E-state index contributed by atoms with van der Waals surface area (Å²) in [7, 11) is 0. The minimum atomic E-state index is -0.761. The molecule has 0 saturated carbocycles. The van der Waals surface area contributed by atoms with Crippen molar-refractivity contribution in [2.75, 3.05) is 13.1 Å². The number of benzene rings is 1. The van der Waals surface area contributed by atoms with Gasteiger partial charge in [0.25, 0.3) is 5.91 Å². The zero-order valence-electron chi connectivity index (χ0n) is 11.9. The Kier molecular flexibility index (Phi) is 3.41.